The van der Waals surface area contributed by atoms with Crippen molar-refractivity contribution in [2.24, 2.45) is 5.73 Å². The van der Waals surface area contributed by atoms with Crippen molar-refractivity contribution in [3.8, 4) is 0 Å². The molecule has 0 aromatic heterocycles. The molecular formula is C12H15FN2O. The highest BCUT2D eigenvalue weighted by Crippen LogP contribution is 2.30. The van der Waals surface area contributed by atoms with Gasteiger partial charge in [0, 0.05) is 11.7 Å². The molecule has 3 nitrogen and oxygen atoms in total. The van der Waals surface area contributed by atoms with E-state index in [-0.39, 0.29) is 24.3 Å². The van der Waals surface area contributed by atoms with Crippen LogP contribution in [0.5, 0.6) is 0 Å². The lowest BCUT2D eigenvalue weighted by molar-refractivity contribution is -0.116. The molecule has 1 heterocycles. The molecule has 2 rings (SSSR count). The fraction of sp³-hybridized carbons (Fsp3) is 0.417. The molecule has 0 spiro atoms. The molecule has 1 aliphatic rings. The van der Waals surface area contributed by atoms with Crippen LogP contribution in [-0.4, -0.2) is 18.5 Å². The summed E-state index contributed by atoms with van der Waals surface area (Å²) in [5, 5.41) is 0. The van der Waals surface area contributed by atoms with Crippen LogP contribution in [0, 0.1) is 5.82 Å². The quantitative estimate of drug-likeness (QED) is 0.823. The van der Waals surface area contributed by atoms with E-state index < -0.39 is 0 Å². The second-order valence-electron chi connectivity index (χ2n) is 4.25. The zero-order valence-electron chi connectivity index (χ0n) is 9.24. The zero-order chi connectivity index (χ0) is 11.7. The summed E-state index contributed by atoms with van der Waals surface area (Å²) in [4.78, 5) is 12.9. The molecule has 0 aliphatic carbocycles. The molecule has 2 N–H and O–H groups in total. The Morgan fingerprint density at radius 2 is 2.38 bits per heavy atom. The zero-order valence-corrected chi connectivity index (χ0v) is 9.24. The second kappa shape index (κ2) is 4.12. The second-order valence-corrected chi connectivity index (χ2v) is 4.25. The Hall–Kier alpha value is -1.58. The number of fused-ring (bicyclic) bond motifs is 1. The average Bonchev–Trinajstić information content (AvgIpc) is 2.22. The van der Waals surface area contributed by atoms with Crippen LogP contribution in [0.3, 0.4) is 0 Å². The Morgan fingerprint density at radius 1 is 1.62 bits per heavy atom. The summed E-state index contributed by atoms with van der Waals surface area (Å²) in [6, 6.07) is 4.95. The van der Waals surface area contributed by atoms with Gasteiger partial charge in [0.25, 0.3) is 0 Å². The monoisotopic (exact) mass is 222 g/mol. The van der Waals surface area contributed by atoms with Gasteiger partial charge in [-0.3, -0.25) is 4.79 Å². The molecule has 0 bridgehead atoms. The third-order valence-electron chi connectivity index (χ3n) is 3.04. The highest BCUT2D eigenvalue weighted by atomic mass is 19.1. The number of aryl methyl sites for hydroxylation is 1. The van der Waals surface area contributed by atoms with Crippen LogP contribution in [-0.2, 0) is 11.2 Å². The molecule has 0 saturated heterocycles. The summed E-state index contributed by atoms with van der Waals surface area (Å²) in [6.07, 6.45) is 1.77. The van der Waals surface area contributed by atoms with E-state index in [4.69, 9.17) is 5.73 Å². The number of carbonyl (C=O) groups is 1. The number of hydrogen-bond donors (Lipinski definition) is 1. The Balaban J connectivity index is 2.36. The fourth-order valence-corrected chi connectivity index (χ4v) is 2.20. The highest BCUT2D eigenvalue weighted by Gasteiger charge is 2.24. The van der Waals surface area contributed by atoms with Gasteiger partial charge in [0.15, 0.2) is 0 Å². The SMILES string of the molecule is CC1CCc2cc(F)ccc2N1CC(N)=O. The molecule has 0 saturated carbocycles. The smallest absolute Gasteiger partial charge is 0.236 e. The lowest BCUT2D eigenvalue weighted by Gasteiger charge is -2.36. The molecule has 1 amide bonds. The minimum absolute atomic E-state index is 0.194. The largest absolute Gasteiger partial charge is 0.368 e. The van der Waals surface area contributed by atoms with E-state index in [1.54, 1.807) is 6.07 Å². The predicted octanol–water partition coefficient (Wildman–Crippen LogP) is 1.45. The standard InChI is InChI=1S/C12H15FN2O/c1-8-2-3-9-6-10(13)4-5-11(9)15(8)7-12(14)16/h4-6,8H,2-3,7H2,1H3,(H2,14,16). The maximum atomic E-state index is 13.1. The van der Waals surface area contributed by atoms with E-state index in [2.05, 4.69) is 6.92 Å². The summed E-state index contributed by atoms with van der Waals surface area (Å²) in [6.45, 7) is 2.25. The molecule has 16 heavy (non-hydrogen) atoms. The molecule has 0 radical (unpaired) electrons. The number of rotatable bonds is 2. The van der Waals surface area contributed by atoms with Crippen molar-refractivity contribution in [1.29, 1.82) is 0 Å². The Bertz CT molecular complexity index is 419. The maximum Gasteiger partial charge on any atom is 0.236 e. The van der Waals surface area contributed by atoms with Crippen molar-refractivity contribution >= 4 is 11.6 Å². The van der Waals surface area contributed by atoms with Crippen LogP contribution < -0.4 is 10.6 Å². The third kappa shape index (κ3) is 2.01. The first-order valence-electron chi connectivity index (χ1n) is 5.41. The first-order chi connectivity index (χ1) is 7.58. The van der Waals surface area contributed by atoms with Crippen LogP contribution in [0.15, 0.2) is 18.2 Å². The number of nitrogens with two attached hydrogens (primary N) is 1. The third-order valence-corrected chi connectivity index (χ3v) is 3.04. The molecule has 4 heteroatoms. The Morgan fingerprint density at radius 3 is 3.06 bits per heavy atom. The van der Waals surface area contributed by atoms with E-state index in [0.29, 0.717) is 0 Å². The van der Waals surface area contributed by atoms with Crippen LogP contribution in [0.25, 0.3) is 0 Å². The number of hydrogen-bond acceptors (Lipinski definition) is 2. The van der Waals surface area contributed by atoms with Crippen molar-refractivity contribution in [2.45, 2.75) is 25.8 Å². The summed E-state index contributed by atoms with van der Waals surface area (Å²) >= 11 is 0. The molecule has 1 atom stereocenters. The van der Waals surface area contributed by atoms with Gasteiger partial charge in [0.05, 0.1) is 6.54 Å². The van der Waals surface area contributed by atoms with Crippen molar-refractivity contribution < 1.29 is 9.18 Å². The summed E-state index contributed by atoms with van der Waals surface area (Å²) < 4.78 is 13.1. The van der Waals surface area contributed by atoms with E-state index in [0.717, 1.165) is 24.1 Å². The fourth-order valence-electron chi connectivity index (χ4n) is 2.20. The molecule has 1 aromatic carbocycles. The van der Waals surface area contributed by atoms with Gasteiger partial charge in [0.1, 0.15) is 5.82 Å². The molecule has 0 fully saturated rings. The summed E-state index contributed by atoms with van der Waals surface area (Å²) in [7, 11) is 0. The average molecular weight is 222 g/mol. The Labute approximate surface area is 94.0 Å². The molecular weight excluding hydrogens is 207 g/mol. The van der Waals surface area contributed by atoms with E-state index in [1.165, 1.54) is 12.1 Å². The summed E-state index contributed by atoms with van der Waals surface area (Å²) in [5.74, 6) is -0.587. The number of amides is 1. The van der Waals surface area contributed by atoms with Crippen molar-refractivity contribution in [3.63, 3.8) is 0 Å². The van der Waals surface area contributed by atoms with E-state index in [1.807, 2.05) is 4.90 Å². The molecule has 86 valence electrons. The first kappa shape index (κ1) is 10.9. The van der Waals surface area contributed by atoms with Crippen molar-refractivity contribution in [3.05, 3.63) is 29.6 Å². The maximum absolute atomic E-state index is 13.1. The number of primary amides is 1. The van der Waals surface area contributed by atoms with Gasteiger partial charge in [-0.1, -0.05) is 0 Å². The topological polar surface area (TPSA) is 46.3 Å². The van der Waals surface area contributed by atoms with Crippen molar-refractivity contribution in [1.82, 2.24) is 0 Å². The number of nitrogens with zero attached hydrogens (tertiary/aromatic N) is 1. The molecule has 1 aromatic rings. The predicted molar refractivity (Wildman–Crippen MR) is 60.7 cm³/mol. The van der Waals surface area contributed by atoms with Crippen LogP contribution in [0.4, 0.5) is 10.1 Å². The van der Waals surface area contributed by atoms with Gasteiger partial charge in [-0.15, -0.1) is 0 Å². The van der Waals surface area contributed by atoms with Crippen LogP contribution in [0.2, 0.25) is 0 Å². The van der Waals surface area contributed by atoms with Gasteiger partial charge in [-0.2, -0.15) is 0 Å². The van der Waals surface area contributed by atoms with Gasteiger partial charge < -0.3 is 10.6 Å². The highest BCUT2D eigenvalue weighted by molar-refractivity contribution is 5.80. The normalized spacial score (nSPS) is 19.4. The Kier molecular flexibility index (Phi) is 2.81. The van der Waals surface area contributed by atoms with E-state index in [9.17, 15) is 9.18 Å². The van der Waals surface area contributed by atoms with Crippen LogP contribution >= 0.6 is 0 Å². The molecule has 1 aliphatic heterocycles. The van der Waals surface area contributed by atoms with E-state index >= 15 is 0 Å². The van der Waals surface area contributed by atoms with Crippen LogP contribution in [0.1, 0.15) is 18.9 Å². The number of carbonyl (C=O) groups excluding carboxylic acids is 1. The lowest BCUT2D eigenvalue weighted by atomic mass is 9.96. The van der Waals surface area contributed by atoms with Gasteiger partial charge in [0.2, 0.25) is 5.91 Å². The number of anilines is 1. The van der Waals surface area contributed by atoms with Gasteiger partial charge in [-0.05, 0) is 43.5 Å². The number of benzene rings is 1. The first-order valence-corrected chi connectivity index (χ1v) is 5.41. The molecule has 1 unspecified atom stereocenters. The summed E-state index contributed by atoms with van der Waals surface area (Å²) in [5.41, 5.74) is 7.11. The minimum Gasteiger partial charge on any atom is -0.368 e. The lowest BCUT2D eigenvalue weighted by Crippen LogP contribution is -2.42. The minimum atomic E-state index is -0.357. The van der Waals surface area contributed by atoms with Crippen molar-refractivity contribution in [2.75, 3.05) is 11.4 Å². The number of halogens is 1. The van der Waals surface area contributed by atoms with Gasteiger partial charge in [-0.25, -0.2) is 4.39 Å². The van der Waals surface area contributed by atoms with Gasteiger partial charge >= 0.3 is 0 Å².